The van der Waals surface area contributed by atoms with E-state index in [2.05, 4.69) is 43.3 Å². The minimum absolute atomic E-state index is 0.176. The summed E-state index contributed by atoms with van der Waals surface area (Å²) in [4.78, 5) is 6.98. The molecule has 2 N–H and O–H groups in total. The first-order valence-corrected chi connectivity index (χ1v) is 5.28. The van der Waals surface area contributed by atoms with Gasteiger partial charge in [-0.25, -0.2) is 5.90 Å². The van der Waals surface area contributed by atoms with E-state index in [1.54, 1.807) is 0 Å². The van der Waals surface area contributed by atoms with Crippen molar-refractivity contribution in [1.29, 1.82) is 0 Å². The molecule has 0 atom stereocenters. The molecule has 2 rings (SSSR count). The zero-order valence-corrected chi connectivity index (χ0v) is 9.36. The molecule has 1 aromatic carbocycles. The van der Waals surface area contributed by atoms with E-state index < -0.39 is 0 Å². The fourth-order valence-corrected chi connectivity index (χ4v) is 2.11. The molecule has 0 saturated heterocycles. The molecule has 0 radical (unpaired) electrons. The third kappa shape index (κ3) is 1.85. The lowest BCUT2D eigenvalue weighted by molar-refractivity contribution is 0.116. The maximum Gasteiger partial charge on any atom is 0.0776 e. The van der Waals surface area contributed by atoms with Crippen molar-refractivity contribution in [3.63, 3.8) is 0 Å². The lowest BCUT2D eigenvalue weighted by Crippen LogP contribution is -2.22. The third-order valence-electron chi connectivity index (χ3n) is 3.17. The lowest BCUT2D eigenvalue weighted by atomic mass is 9.95. The second kappa shape index (κ2) is 3.83. The molecular formula is C12H18N2O. The van der Waals surface area contributed by atoms with Crippen LogP contribution in [0.3, 0.4) is 0 Å². The second-order valence-electron chi connectivity index (χ2n) is 4.50. The van der Waals surface area contributed by atoms with Gasteiger partial charge >= 0.3 is 0 Å². The average molecular weight is 206 g/mol. The largest absolute Gasteiger partial charge is 0.377 e. The first kappa shape index (κ1) is 10.5. The monoisotopic (exact) mass is 206 g/mol. The van der Waals surface area contributed by atoms with E-state index in [-0.39, 0.29) is 5.41 Å². The van der Waals surface area contributed by atoms with Gasteiger partial charge in [0.25, 0.3) is 0 Å². The van der Waals surface area contributed by atoms with Gasteiger partial charge in [-0.2, -0.15) is 0 Å². The van der Waals surface area contributed by atoms with Crippen LogP contribution in [0.15, 0.2) is 24.3 Å². The van der Waals surface area contributed by atoms with Crippen molar-refractivity contribution in [3.8, 4) is 0 Å². The molecule has 3 nitrogen and oxygen atoms in total. The van der Waals surface area contributed by atoms with Crippen LogP contribution in [0.4, 0.5) is 5.69 Å². The van der Waals surface area contributed by atoms with Crippen molar-refractivity contribution in [2.24, 2.45) is 5.90 Å². The van der Waals surface area contributed by atoms with E-state index in [1.807, 2.05) is 0 Å². The Kier molecular flexibility index (Phi) is 2.67. The van der Waals surface area contributed by atoms with Crippen molar-refractivity contribution in [1.82, 2.24) is 0 Å². The summed E-state index contributed by atoms with van der Waals surface area (Å²) >= 11 is 0. The highest BCUT2D eigenvalue weighted by molar-refractivity contribution is 5.57. The number of anilines is 1. The third-order valence-corrected chi connectivity index (χ3v) is 3.17. The molecule has 0 heterocycles. The van der Waals surface area contributed by atoms with Crippen LogP contribution in [0.5, 0.6) is 0 Å². The molecule has 0 aliphatic heterocycles. The van der Waals surface area contributed by atoms with E-state index in [4.69, 9.17) is 10.7 Å². The Balaban J connectivity index is 2.35. The fraction of sp³-hybridized carbons (Fsp3) is 0.500. The highest BCUT2D eigenvalue weighted by Crippen LogP contribution is 2.50. The van der Waals surface area contributed by atoms with Crippen LogP contribution in [-0.4, -0.2) is 20.7 Å². The fourth-order valence-electron chi connectivity index (χ4n) is 2.11. The van der Waals surface area contributed by atoms with Gasteiger partial charge in [-0.3, -0.25) is 0 Å². The van der Waals surface area contributed by atoms with Crippen molar-refractivity contribution in [2.45, 2.75) is 18.3 Å². The molecule has 1 aliphatic carbocycles. The summed E-state index contributed by atoms with van der Waals surface area (Å²) in [6, 6.07) is 8.48. The molecule has 1 saturated carbocycles. The second-order valence-corrected chi connectivity index (χ2v) is 4.50. The molecule has 0 aromatic heterocycles. The van der Waals surface area contributed by atoms with Crippen LogP contribution in [0.25, 0.3) is 0 Å². The number of benzene rings is 1. The summed E-state index contributed by atoms with van der Waals surface area (Å²) in [6.07, 6.45) is 2.35. The van der Waals surface area contributed by atoms with Gasteiger partial charge in [-0.15, -0.1) is 0 Å². The molecule has 1 fully saturated rings. The quantitative estimate of drug-likeness (QED) is 0.762. The van der Waals surface area contributed by atoms with Crippen LogP contribution < -0.4 is 10.8 Å². The Labute approximate surface area is 90.8 Å². The summed E-state index contributed by atoms with van der Waals surface area (Å²) in [7, 11) is 4.14. The summed E-state index contributed by atoms with van der Waals surface area (Å²) in [5.41, 5.74) is 2.81. The van der Waals surface area contributed by atoms with Crippen molar-refractivity contribution in [3.05, 3.63) is 29.8 Å². The zero-order valence-electron chi connectivity index (χ0n) is 9.36. The summed E-state index contributed by atoms with van der Waals surface area (Å²) in [5.74, 6) is 5.20. The molecule has 82 valence electrons. The topological polar surface area (TPSA) is 38.5 Å². The Morgan fingerprint density at radius 3 is 2.53 bits per heavy atom. The van der Waals surface area contributed by atoms with E-state index in [0.717, 1.165) is 0 Å². The number of hydrogen-bond acceptors (Lipinski definition) is 3. The molecule has 0 amide bonds. The molecule has 0 spiro atoms. The van der Waals surface area contributed by atoms with Crippen LogP contribution in [-0.2, 0) is 10.3 Å². The van der Waals surface area contributed by atoms with Gasteiger partial charge in [-0.05, 0) is 24.5 Å². The molecule has 15 heavy (non-hydrogen) atoms. The van der Waals surface area contributed by atoms with Gasteiger partial charge in [0.05, 0.1) is 6.61 Å². The van der Waals surface area contributed by atoms with Crippen molar-refractivity contribution < 1.29 is 4.84 Å². The summed E-state index contributed by atoms with van der Waals surface area (Å²) < 4.78 is 0. The molecule has 1 aromatic rings. The minimum atomic E-state index is 0.176. The Hall–Kier alpha value is -1.06. The summed E-state index contributed by atoms with van der Waals surface area (Å²) in [5, 5.41) is 0. The van der Waals surface area contributed by atoms with Gasteiger partial charge in [0.2, 0.25) is 0 Å². The highest BCUT2D eigenvalue weighted by atomic mass is 16.6. The number of nitrogens with zero attached hydrogens (tertiary/aromatic N) is 1. The normalized spacial score (nSPS) is 17.5. The highest BCUT2D eigenvalue weighted by Gasteiger charge is 2.46. The Morgan fingerprint density at radius 1 is 1.33 bits per heavy atom. The SMILES string of the molecule is CN(C)c1ccccc1C1(CON)CC1. The Bertz CT molecular complexity index is 345. The minimum Gasteiger partial charge on any atom is -0.377 e. The molecular weight excluding hydrogens is 188 g/mol. The number of hydrogen-bond donors (Lipinski definition) is 1. The van der Waals surface area contributed by atoms with Gasteiger partial charge in [-0.1, -0.05) is 18.2 Å². The smallest absolute Gasteiger partial charge is 0.0776 e. The summed E-state index contributed by atoms with van der Waals surface area (Å²) in [6.45, 7) is 0.623. The standard InChI is InChI=1S/C12H18N2O/c1-14(2)11-6-4-3-5-10(11)12(7-8-12)9-15-13/h3-6H,7-9,13H2,1-2H3. The maximum absolute atomic E-state index is 5.20. The average Bonchev–Trinajstić information content (AvgIpc) is 2.99. The molecule has 3 heteroatoms. The Morgan fingerprint density at radius 2 is 2.00 bits per heavy atom. The molecule has 0 bridgehead atoms. The predicted octanol–water partition coefficient (Wildman–Crippen LogP) is 1.67. The predicted molar refractivity (Wildman–Crippen MR) is 61.8 cm³/mol. The molecule has 0 unspecified atom stereocenters. The van der Waals surface area contributed by atoms with Crippen LogP contribution in [0.2, 0.25) is 0 Å². The van der Waals surface area contributed by atoms with E-state index in [9.17, 15) is 0 Å². The lowest BCUT2D eigenvalue weighted by Gasteiger charge is -2.23. The number of para-hydroxylation sites is 1. The van der Waals surface area contributed by atoms with E-state index >= 15 is 0 Å². The van der Waals surface area contributed by atoms with Crippen LogP contribution in [0, 0.1) is 0 Å². The molecule has 1 aliphatic rings. The number of nitrogens with two attached hydrogens (primary N) is 1. The van der Waals surface area contributed by atoms with Crippen LogP contribution >= 0.6 is 0 Å². The van der Waals surface area contributed by atoms with Gasteiger partial charge in [0, 0.05) is 25.2 Å². The van der Waals surface area contributed by atoms with Gasteiger partial charge < -0.3 is 9.74 Å². The maximum atomic E-state index is 5.20. The van der Waals surface area contributed by atoms with Crippen LogP contribution in [0.1, 0.15) is 18.4 Å². The first-order chi connectivity index (χ1) is 7.19. The van der Waals surface area contributed by atoms with Crippen molar-refractivity contribution >= 4 is 5.69 Å². The van der Waals surface area contributed by atoms with E-state index in [1.165, 1.54) is 24.1 Å². The van der Waals surface area contributed by atoms with E-state index in [0.29, 0.717) is 6.61 Å². The first-order valence-electron chi connectivity index (χ1n) is 5.28. The van der Waals surface area contributed by atoms with Gasteiger partial charge in [0.1, 0.15) is 0 Å². The van der Waals surface area contributed by atoms with Crippen molar-refractivity contribution in [2.75, 3.05) is 25.6 Å². The number of rotatable bonds is 4. The zero-order chi connectivity index (χ0) is 10.9. The van der Waals surface area contributed by atoms with Gasteiger partial charge in [0.15, 0.2) is 0 Å².